The molecular formula is C22H26N4O5S. The largest absolute Gasteiger partial charge is 0.349 e. The predicted octanol–water partition coefficient (Wildman–Crippen LogP) is 2.19. The summed E-state index contributed by atoms with van der Waals surface area (Å²) in [6.07, 6.45) is 0.998. The van der Waals surface area contributed by atoms with Gasteiger partial charge in [-0.05, 0) is 61.4 Å². The van der Waals surface area contributed by atoms with Crippen LogP contribution < -0.4 is 16.0 Å². The summed E-state index contributed by atoms with van der Waals surface area (Å²) >= 11 is 0. The number of nitrogens with zero attached hydrogens (tertiary/aromatic N) is 1. The van der Waals surface area contributed by atoms with Gasteiger partial charge in [0, 0.05) is 49.9 Å². The van der Waals surface area contributed by atoms with Crippen LogP contribution in [0.15, 0.2) is 53.4 Å². The van der Waals surface area contributed by atoms with E-state index in [1.807, 2.05) is 0 Å². The maximum absolute atomic E-state index is 12.9. The molecule has 1 fully saturated rings. The molecule has 170 valence electrons. The summed E-state index contributed by atoms with van der Waals surface area (Å²) in [5.41, 5.74) is 1.61. The molecule has 1 saturated heterocycles. The van der Waals surface area contributed by atoms with Crippen molar-refractivity contribution in [2.24, 2.45) is 0 Å². The molecule has 0 bridgehead atoms. The van der Waals surface area contributed by atoms with Gasteiger partial charge in [-0.1, -0.05) is 0 Å². The second-order valence-electron chi connectivity index (χ2n) is 7.62. The lowest BCUT2D eigenvalue weighted by molar-refractivity contribution is -0.115. The van der Waals surface area contributed by atoms with Gasteiger partial charge in [0.05, 0.1) is 4.90 Å². The second-order valence-corrected chi connectivity index (χ2v) is 9.55. The number of carbonyl (C=O) groups is 3. The van der Waals surface area contributed by atoms with Crippen LogP contribution in [-0.4, -0.2) is 49.6 Å². The van der Waals surface area contributed by atoms with Gasteiger partial charge in [0.1, 0.15) is 0 Å². The maximum Gasteiger partial charge on any atom is 0.251 e. The topological polar surface area (TPSA) is 125 Å². The van der Waals surface area contributed by atoms with E-state index in [1.54, 1.807) is 36.4 Å². The van der Waals surface area contributed by atoms with Gasteiger partial charge in [-0.2, -0.15) is 4.31 Å². The Hall–Kier alpha value is -3.24. The molecule has 0 aromatic heterocycles. The number of hydrogen-bond acceptors (Lipinski definition) is 5. The molecule has 3 N–H and O–H groups in total. The number of rotatable bonds is 6. The highest BCUT2D eigenvalue weighted by Gasteiger charge is 2.30. The minimum absolute atomic E-state index is 0.133. The van der Waals surface area contributed by atoms with E-state index >= 15 is 0 Å². The highest BCUT2D eigenvalue weighted by Crippen LogP contribution is 2.22. The van der Waals surface area contributed by atoms with Gasteiger partial charge >= 0.3 is 0 Å². The fraction of sp³-hybridized carbons (Fsp3) is 0.318. The van der Waals surface area contributed by atoms with Crippen molar-refractivity contribution in [1.82, 2.24) is 9.62 Å². The molecule has 0 atom stereocenters. The summed E-state index contributed by atoms with van der Waals surface area (Å²) in [5.74, 6) is -0.657. The van der Waals surface area contributed by atoms with E-state index in [0.717, 1.165) is 0 Å². The van der Waals surface area contributed by atoms with Crippen molar-refractivity contribution < 1.29 is 22.8 Å². The molecule has 2 aromatic carbocycles. The van der Waals surface area contributed by atoms with E-state index in [4.69, 9.17) is 0 Å². The minimum Gasteiger partial charge on any atom is -0.349 e. The van der Waals surface area contributed by atoms with Gasteiger partial charge in [-0.15, -0.1) is 0 Å². The van der Waals surface area contributed by atoms with E-state index in [-0.39, 0.29) is 28.7 Å². The molecule has 0 radical (unpaired) electrons. The average molecular weight is 459 g/mol. The SMILES string of the molecule is CC(=O)Nc1ccc(C(=O)NC2CCN(S(=O)(=O)c3ccc(NC(C)=O)cc3)CC2)cc1. The standard InChI is InChI=1S/C22H26N4O5S/c1-15(27)23-18-5-3-17(4-6-18)22(29)25-20-11-13-26(14-12-20)32(30,31)21-9-7-19(8-10-21)24-16(2)28/h3-10,20H,11-14H2,1-2H3,(H,23,27)(H,24,28)(H,25,29). The molecule has 32 heavy (non-hydrogen) atoms. The normalized spacial score (nSPS) is 15.1. The van der Waals surface area contributed by atoms with Crippen LogP contribution in [0, 0.1) is 0 Å². The van der Waals surface area contributed by atoms with Crippen LogP contribution in [0.1, 0.15) is 37.0 Å². The Balaban J connectivity index is 1.55. The molecule has 0 saturated carbocycles. The fourth-order valence-electron chi connectivity index (χ4n) is 3.48. The first-order chi connectivity index (χ1) is 15.1. The lowest BCUT2D eigenvalue weighted by Gasteiger charge is -2.31. The van der Waals surface area contributed by atoms with Crippen LogP contribution in [0.3, 0.4) is 0 Å². The number of anilines is 2. The third-order valence-corrected chi connectivity index (χ3v) is 6.98. The Morgan fingerprint density at radius 1 is 0.812 bits per heavy atom. The van der Waals surface area contributed by atoms with Gasteiger partial charge in [0.15, 0.2) is 0 Å². The molecule has 0 aliphatic carbocycles. The maximum atomic E-state index is 12.9. The molecule has 0 unspecified atom stereocenters. The lowest BCUT2D eigenvalue weighted by Crippen LogP contribution is -2.46. The summed E-state index contributed by atoms with van der Waals surface area (Å²) in [6.45, 7) is 3.38. The minimum atomic E-state index is -3.65. The molecule has 1 aliphatic heterocycles. The quantitative estimate of drug-likeness (QED) is 0.612. The second kappa shape index (κ2) is 9.92. The summed E-state index contributed by atoms with van der Waals surface area (Å²) in [4.78, 5) is 34.8. The van der Waals surface area contributed by atoms with Crippen LogP contribution in [0.4, 0.5) is 11.4 Å². The summed E-state index contributed by atoms with van der Waals surface area (Å²) in [6, 6.07) is 12.5. The highest BCUT2D eigenvalue weighted by molar-refractivity contribution is 7.89. The first-order valence-electron chi connectivity index (χ1n) is 10.2. The van der Waals surface area contributed by atoms with Gasteiger partial charge in [-0.25, -0.2) is 8.42 Å². The third kappa shape index (κ3) is 5.92. The van der Waals surface area contributed by atoms with Crippen molar-refractivity contribution in [2.75, 3.05) is 23.7 Å². The number of carbonyl (C=O) groups excluding carboxylic acids is 3. The summed E-state index contributed by atoms with van der Waals surface area (Å²) in [7, 11) is -3.65. The number of nitrogens with one attached hydrogen (secondary N) is 3. The van der Waals surface area contributed by atoms with Crippen LogP contribution in [0.5, 0.6) is 0 Å². The lowest BCUT2D eigenvalue weighted by atomic mass is 10.1. The van der Waals surface area contributed by atoms with Crippen molar-refractivity contribution in [3.05, 3.63) is 54.1 Å². The first-order valence-corrected chi connectivity index (χ1v) is 11.7. The number of benzene rings is 2. The Bertz CT molecular complexity index is 1090. The van der Waals surface area contributed by atoms with Crippen molar-refractivity contribution in [3.63, 3.8) is 0 Å². The zero-order chi connectivity index (χ0) is 23.3. The Morgan fingerprint density at radius 2 is 1.28 bits per heavy atom. The first kappa shape index (κ1) is 23.4. The van der Waals surface area contributed by atoms with Crippen LogP contribution >= 0.6 is 0 Å². The van der Waals surface area contributed by atoms with E-state index in [2.05, 4.69) is 16.0 Å². The average Bonchev–Trinajstić information content (AvgIpc) is 2.74. The molecule has 9 nitrogen and oxygen atoms in total. The van der Waals surface area contributed by atoms with Crippen LogP contribution in [0.2, 0.25) is 0 Å². The zero-order valence-electron chi connectivity index (χ0n) is 17.9. The molecule has 3 rings (SSSR count). The highest BCUT2D eigenvalue weighted by atomic mass is 32.2. The number of amides is 3. The van der Waals surface area contributed by atoms with E-state index in [1.165, 1.54) is 30.3 Å². The van der Waals surface area contributed by atoms with Crippen molar-refractivity contribution in [1.29, 1.82) is 0 Å². The fourth-order valence-corrected chi connectivity index (χ4v) is 4.95. The van der Waals surface area contributed by atoms with Gasteiger partial charge in [-0.3, -0.25) is 14.4 Å². The Labute approximate surface area is 187 Å². The van der Waals surface area contributed by atoms with Gasteiger partial charge in [0.2, 0.25) is 21.8 Å². The van der Waals surface area contributed by atoms with E-state index in [9.17, 15) is 22.8 Å². The third-order valence-electron chi connectivity index (χ3n) is 5.07. The predicted molar refractivity (Wildman–Crippen MR) is 121 cm³/mol. The Kier molecular flexibility index (Phi) is 7.26. The molecule has 1 heterocycles. The molecule has 10 heteroatoms. The molecule has 2 aromatic rings. The van der Waals surface area contributed by atoms with Crippen molar-refractivity contribution >= 4 is 39.1 Å². The number of sulfonamides is 1. The van der Waals surface area contributed by atoms with Crippen molar-refractivity contribution in [3.8, 4) is 0 Å². The molecule has 0 spiro atoms. The molecule has 3 amide bonds. The van der Waals surface area contributed by atoms with E-state index < -0.39 is 10.0 Å². The van der Waals surface area contributed by atoms with Crippen LogP contribution in [0.25, 0.3) is 0 Å². The molecular weight excluding hydrogens is 432 g/mol. The van der Waals surface area contributed by atoms with Gasteiger partial charge in [0.25, 0.3) is 5.91 Å². The smallest absolute Gasteiger partial charge is 0.251 e. The summed E-state index contributed by atoms with van der Waals surface area (Å²) < 4.78 is 27.2. The van der Waals surface area contributed by atoms with E-state index in [0.29, 0.717) is 42.9 Å². The van der Waals surface area contributed by atoms with Gasteiger partial charge < -0.3 is 16.0 Å². The Morgan fingerprint density at radius 3 is 1.75 bits per heavy atom. The molecule has 1 aliphatic rings. The monoisotopic (exact) mass is 458 g/mol. The van der Waals surface area contributed by atoms with Crippen molar-refractivity contribution in [2.45, 2.75) is 37.6 Å². The number of piperidine rings is 1. The number of hydrogen-bond donors (Lipinski definition) is 3. The summed E-state index contributed by atoms with van der Waals surface area (Å²) in [5, 5.41) is 8.20. The zero-order valence-corrected chi connectivity index (χ0v) is 18.7. The van der Waals surface area contributed by atoms with Crippen LogP contribution in [-0.2, 0) is 19.6 Å².